The quantitative estimate of drug-likeness (QED) is 0.644. The zero-order chi connectivity index (χ0) is 13.9. The van der Waals surface area contributed by atoms with Gasteiger partial charge in [0.05, 0.1) is 4.92 Å². The fourth-order valence-electron chi connectivity index (χ4n) is 1.56. The molecule has 0 atom stereocenters. The summed E-state index contributed by atoms with van der Waals surface area (Å²) < 4.78 is 0.564. The van der Waals surface area contributed by atoms with E-state index in [1.54, 1.807) is 6.07 Å². The Morgan fingerprint density at radius 2 is 2.17 bits per heavy atom. The highest BCUT2D eigenvalue weighted by atomic mass is 79.9. The number of hydrogen-bond donors (Lipinski definition) is 2. The molecule has 0 bridgehead atoms. The minimum absolute atomic E-state index is 0.000123. The van der Waals surface area contributed by atoms with Crippen molar-refractivity contribution in [3.8, 4) is 0 Å². The number of nitrogens with zero attached hydrogens (tertiary/aromatic N) is 1. The Kier molecular flexibility index (Phi) is 4.28. The Balaban J connectivity index is 2.92. The van der Waals surface area contributed by atoms with Gasteiger partial charge in [-0.1, -0.05) is 0 Å². The molecule has 3 N–H and O–H groups in total. The first-order chi connectivity index (χ1) is 8.21. The summed E-state index contributed by atoms with van der Waals surface area (Å²) in [5, 5.41) is 13.7. The van der Waals surface area contributed by atoms with Gasteiger partial charge in [0.15, 0.2) is 0 Å². The molecule has 1 aromatic carbocycles. The molecule has 0 saturated heterocycles. The summed E-state index contributed by atoms with van der Waals surface area (Å²) in [5.74, 6) is -0.412. The first-order valence-electron chi connectivity index (χ1n) is 5.22. The number of anilines is 1. The van der Waals surface area contributed by atoms with Crippen molar-refractivity contribution in [2.45, 2.75) is 25.8 Å². The predicted molar refractivity (Wildman–Crippen MR) is 72.3 cm³/mol. The molecular weight excluding hydrogens is 302 g/mol. The van der Waals surface area contributed by atoms with E-state index in [0.717, 1.165) is 0 Å². The number of nitro benzene ring substituents is 1. The molecule has 0 aliphatic heterocycles. The molecule has 6 nitrogen and oxygen atoms in total. The summed E-state index contributed by atoms with van der Waals surface area (Å²) in [6.45, 7) is 3.65. The van der Waals surface area contributed by atoms with Crippen LogP contribution in [-0.4, -0.2) is 16.4 Å². The summed E-state index contributed by atoms with van der Waals surface area (Å²) in [7, 11) is 0. The monoisotopic (exact) mass is 315 g/mol. The first-order valence-corrected chi connectivity index (χ1v) is 6.01. The zero-order valence-corrected chi connectivity index (χ0v) is 11.7. The van der Waals surface area contributed by atoms with Crippen LogP contribution in [0, 0.1) is 10.1 Å². The van der Waals surface area contributed by atoms with E-state index in [1.807, 2.05) is 13.8 Å². The minimum Gasteiger partial charge on any atom is -0.379 e. The lowest BCUT2D eigenvalue weighted by atomic mass is 10.00. The van der Waals surface area contributed by atoms with Gasteiger partial charge in [-0.2, -0.15) is 0 Å². The second-order valence-electron chi connectivity index (χ2n) is 4.57. The number of nitrogens with one attached hydrogen (secondary N) is 1. The maximum absolute atomic E-state index is 10.9. The van der Waals surface area contributed by atoms with Crippen LogP contribution in [0.3, 0.4) is 0 Å². The van der Waals surface area contributed by atoms with Gasteiger partial charge in [0.25, 0.3) is 5.69 Å². The van der Waals surface area contributed by atoms with Gasteiger partial charge in [-0.15, -0.1) is 0 Å². The predicted octanol–water partition coefficient (Wildman–Crippen LogP) is 2.42. The molecule has 0 radical (unpaired) electrons. The minimum atomic E-state index is -0.523. The molecule has 0 aliphatic rings. The third-order valence-corrected chi connectivity index (χ3v) is 2.91. The van der Waals surface area contributed by atoms with E-state index in [1.165, 1.54) is 12.1 Å². The second kappa shape index (κ2) is 5.34. The van der Waals surface area contributed by atoms with Gasteiger partial charge in [-0.3, -0.25) is 14.9 Å². The molecule has 0 saturated carbocycles. The van der Waals surface area contributed by atoms with Crippen LogP contribution in [0.1, 0.15) is 20.3 Å². The summed E-state index contributed by atoms with van der Waals surface area (Å²) in [6, 6.07) is 4.39. The Labute approximate surface area is 113 Å². The highest BCUT2D eigenvalue weighted by molar-refractivity contribution is 9.10. The van der Waals surface area contributed by atoms with Crippen molar-refractivity contribution in [1.29, 1.82) is 0 Å². The van der Waals surface area contributed by atoms with Gasteiger partial charge >= 0.3 is 0 Å². The number of benzene rings is 1. The van der Waals surface area contributed by atoms with Crippen molar-refractivity contribution in [1.82, 2.24) is 0 Å². The van der Waals surface area contributed by atoms with E-state index in [9.17, 15) is 14.9 Å². The van der Waals surface area contributed by atoms with Gasteiger partial charge < -0.3 is 11.1 Å². The molecular formula is C11H14BrN3O3. The normalized spacial score (nSPS) is 11.1. The Bertz CT molecular complexity index is 488. The van der Waals surface area contributed by atoms with Crippen molar-refractivity contribution in [2.75, 3.05) is 5.32 Å². The Hall–Kier alpha value is -1.63. The number of rotatable bonds is 5. The third kappa shape index (κ3) is 3.99. The van der Waals surface area contributed by atoms with Crippen molar-refractivity contribution >= 4 is 33.2 Å². The molecule has 0 fully saturated rings. The number of carbonyl (C=O) groups excluding carboxylic acids is 1. The molecule has 18 heavy (non-hydrogen) atoms. The van der Waals surface area contributed by atoms with Gasteiger partial charge in [-0.05, 0) is 35.8 Å². The van der Waals surface area contributed by atoms with Crippen LogP contribution in [0.5, 0.6) is 0 Å². The molecule has 0 unspecified atom stereocenters. The highest BCUT2D eigenvalue weighted by Gasteiger charge is 2.21. The number of carbonyl (C=O) groups is 1. The number of non-ortho nitro benzene ring substituents is 1. The lowest BCUT2D eigenvalue weighted by Gasteiger charge is -2.26. The third-order valence-electron chi connectivity index (χ3n) is 2.25. The molecule has 0 aromatic heterocycles. The smallest absolute Gasteiger partial charge is 0.270 e. The van der Waals surface area contributed by atoms with Gasteiger partial charge in [0, 0.05) is 34.3 Å². The van der Waals surface area contributed by atoms with Crippen molar-refractivity contribution in [3.05, 3.63) is 32.8 Å². The van der Waals surface area contributed by atoms with Crippen LogP contribution in [0.25, 0.3) is 0 Å². The fraction of sp³-hybridized carbons (Fsp3) is 0.364. The lowest BCUT2D eigenvalue weighted by molar-refractivity contribution is -0.384. The Morgan fingerprint density at radius 3 is 2.61 bits per heavy atom. The van der Waals surface area contributed by atoms with E-state index in [-0.39, 0.29) is 12.1 Å². The van der Waals surface area contributed by atoms with Crippen LogP contribution < -0.4 is 11.1 Å². The molecule has 1 aromatic rings. The summed E-state index contributed by atoms with van der Waals surface area (Å²) >= 11 is 3.25. The zero-order valence-electron chi connectivity index (χ0n) is 10.1. The highest BCUT2D eigenvalue weighted by Crippen LogP contribution is 2.29. The van der Waals surface area contributed by atoms with E-state index in [0.29, 0.717) is 10.2 Å². The van der Waals surface area contributed by atoms with Crippen LogP contribution in [-0.2, 0) is 4.79 Å². The summed E-state index contributed by atoms with van der Waals surface area (Å²) in [6.07, 6.45) is 0.163. The van der Waals surface area contributed by atoms with Gasteiger partial charge in [-0.25, -0.2) is 0 Å². The molecule has 98 valence electrons. The van der Waals surface area contributed by atoms with Crippen molar-refractivity contribution in [3.63, 3.8) is 0 Å². The van der Waals surface area contributed by atoms with E-state index < -0.39 is 16.4 Å². The molecule has 0 aliphatic carbocycles. The standard InChI is InChI=1S/C11H14BrN3O3/c1-11(2,6-10(13)16)14-9-4-3-7(15(17)18)5-8(9)12/h3-5,14H,6H2,1-2H3,(H2,13,16). The average molecular weight is 316 g/mol. The molecule has 0 spiro atoms. The molecule has 1 amide bonds. The second-order valence-corrected chi connectivity index (χ2v) is 5.43. The number of nitro groups is 1. The lowest BCUT2D eigenvalue weighted by Crippen LogP contribution is -2.36. The maximum Gasteiger partial charge on any atom is 0.270 e. The van der Waals surface area contributed by atoms with E-state index >= 15 is 0 Å². The van der Waals surface area contributed by atoms with Crippen LogP contribution in [0.2, 0.25) is 0 Å². The van der Waals surface area contributed by atoms with Gasteiger partial charge in [0.1, 0.15) is 0 Å². The van der Waals surface area contributed by atoms with Crippen molar-refractivity contribution < 1.29 is 9.72 Å². The number of hydrogen-bond acceptors (Lipinski definition) is 4. The van der Waals surface area contributed by atoms with Crippen molar-refractivity contribution in [2.24, 2.45) is 5.73 Å². The molecule has 0 heterocycles. The fourth-order valence-corrected chi connectivity index (χ4v) is 2.03. The largest absolute Gasteiger partial charge is 0.379 e. The van der Waals surface area contributed by atoms with Crippen LogP contribution in [0.15, 0.2) is 22.7 Å². The van der Waals surface area contributed by atoms with E-state index in [2.05, 4.69) is 21.2 Å². The number of amides is 1. The van der Waals surface area contributed by atoms with Gasteiger partial charge in [0.2, 0.25) is 5.91 Å². The summed E-state index contributed by atoms with van der Waals surface area (Å²) in [4.78, 5) is 21.0. The SMILES string of the molecule is CC(C)(CC(N)=O)Nc1ccc([N+](=O)[O-])cc1Br. The summed E-state index contributed by atoms with van der Waals surface area (Å²) in [5.41, 5.74) is 5.30. The number of nitrogens with two attached hydrogens (primary N) is 1. The van der Waals surface area contributed by atoms with E-state index in [4.69, 9.17) is 5.73 Å². The topological polar surface area (TPSA) is 98.3 Å². The first kappa shape index (κ1) is 14.4. The average Bonchev–Trinajstić information content (AvgIpc) is 2.18. The number of primary amides is 1. The molecule has 1 rings (SSSR count). The number of halogens is 1. The van der Waals surface area contributed by atoms with Crippen LogP contribution in [0.4, 0.5) is 11.4 Å². The van der Waals surface area contributed by atoms with Crippen LogP contribution >= 0.6 is 15.9 Å². The molecule has 7 heteroatoms. The Morgan fingerprint density at radius 1 is 1.56 bits per heavy atom. The maximum atomic E-state index is 10.9.